The van der Waals surface area contributed by atoms with Gasteiger partial charge in [0.15, 0.2) is 5.13 Å². The Kier molecular flexibility index (Phi) is 7.47. The summed E-state index contributed by atoms with van der Waals surface area (Å²) in [6.45, 7) is 0. The molecule has 0 saturated carbocycles. The number of thiazole rings is 1. The van der Waals surface area contributed by atoms with Crippen molar-refractivity contribution in [1.29, 1.82) is 5.26 Å². The summed E-state index contributed by atoms with van der Waals surface area (Å²) >= 11 is 19.0. The highest BCUT2D eigenvalue weighted by Gasteiger charge is 2.31. The average Bonchev–Trinajstić information content (AvgIpc) is 3.15. The first-order chi connectivity index (χ1) is 15.1. The van der Waals surface area contributed by atoms with E-state index in [1.165, 1.54) is 24.4 Å². The Labute approximate surface area is 199 Å². The maximum Gasteiger partial charge on any atom is 0.416 e. The number of anilines is 1. The zero-order valence-corrected chi connectivity index (χ0v) is 18.9. The molecular weight excluding hydrogens is 506 g/mol. The molecule has 0 bridgehead atoms. The van der Waals surface area contributed by atoms with Gasteiger partial charge in [-0.2, -0.15) is 18.4 Å². The van der Waals surface area contributed by atoms with Crippen LogP contribution in [-0.2, 0) is 17.4 Å². The molecular formula is C21H11Cl3F3N3OS. The molecule has 0 saturated heterocycles. The van der Waals surface area contributed by atoms with Gasteiger partial charge in [0.1, 0.15) is 11.6 Å². The van der Waals surface area contributed by atoms with Crippen molar-refractivity contribution in [3.8, 4) is 6.07 Å². The number of hydrogen-bond donors (Lipinski definition) is 1. The minimum Gasteiger partial charge on any atom is -0.297 e. The van der Waals surface area contributed by atoms with Crippen LogP contribution in [0.4, 0.5) is 18.3 Å². The molecule has 1 aromatic heterocycles. The van der Waals surface area contributed by atoms with Gasteiger partial charge < -0.3 is 0 Å². The topological polar surface area (TPSA) is 65.8 Å². The molecule has 4 nitrogen and oxygen atoms in total. The van der Waals surface area contributed by atoms with Gasteiger partial charge in [0, 0.05) is 32.6 Å². The molecule has 0 aliphatic rings. The molecule has 11 heteroatoms. The van der Waals surface area contributed by atoms with Gasteiger partial charge in [0.25, 0.3) is 5.91 Å². The molecule has 0 spiro atoms. The lowest BCUT2D eigenvalue weighted by Gasteiger charge is -2.09. The molecule has 0 aliphatic heterocycles. The number of rotatable bonds is 5. The van der Waals surface area contributed by atoms with Crippen molar-refractivity contribution in [1.82, 2.24) is 4.98 Å². The Hall–Kier alpha value is -2.57. The summed E-state index contributed by atoms with van der Waals surface area (Å²) in [6.07, 6.45) is -1.66. The molecule has 1 N–H and O–H groups in total. The highest BCUT2D eigenvalue weighted by Crippen LogP contribution is 2.33. The van der Waals surface area contributed by atoms with Crippen LogP contribution in [0.1, 0.15) is 21.6 Å². The second kappa shape index (κ2) is 9.92. The van der Waals surface area contributed by atoms with Crippen LogP contribution in [-0.4, -0.2) is 10.9 Å². The molecule has 2 aromatic carbocycles. The Bertz CT molecular complexity index is 1250. The Balaban J connectivity index is 1.75. The van der Waals surface area contributed by atoms with Crippen molar-refractivity contribution >= 4 is 63.3 Å². The van der Waals surface area contributed by atoms with Gasteiger partial charge in [-0.25, -0.2) is 4.98 Å². The molecule has 0 unspecified atom stereocenters. The number of nitriles is 1. The minimum atomic E-state index is -4.49. The third-order valence-electron chi connectivity index (χ3n) is 4.14. The number of alkyl halides is 3. The van der Waals surface area contributed by atoms with E-state index >= 15 is 0 Å². The van der Waals surface area contributed by atoms with Crippen LogP contribution in [0.5, 0.6) is 0 Å². The number of nitrogens with zero attached hydrogens (tertiary/aromatic N) is 2. The van der Waals surface area contributed by atoms with E-state index in [2.05, 4.69) is 10.3 Å². The molecule has 0 fully saturated rings. The van der Waals surface area contributed by atoms with E-state index in [1.807, 2.05) is 0 Å². The zero-order chi connectivity index (χ0) is 23.5. The first kappa shape index (κ1) is 24.1. The van der Waals surface area contributed by atoms with Crippen LogP contribution in [0, 0.1) is 11.3 Å². The quantitative estimate of drug-likeness (QED) is 0.287. The number of benzene rings is 2. The summed E-state index contributed by atoms with van der Waals surface area (Å²) in [4.78, 5) is 17.1. The van der Waals surface area contributed by atoms with Crippen LogP contribution >= 0.6 is 46.1 Å². The molecule has 0 radical (unpaired) electrons. The van der Waals surface area contributed by atoms with Crippen LogP contribution in [0.3, 0.4) is 0 Å². The summed E-state index contributed by atoms with van der Waals surface area (Å²) in [5, 5.41) is 12.9. The van der Waals surface area contributed by atoms with Gasteiger partial charge in [-0.15, -0.1) is 11.3 Å². The van der Waals surface area contributed by atoms with Gasteiger partial charge >= 0.3 is 6.18 Å². The van der Waals surface area contributed by atoms with Crippen molar-refractivity contribution < 1.29 is 18.0 Å². The largest absolute Gasteiger partial charge is 0.416 e. The first-order valence-electron chi connectivity index (χ1n) is 8.75. The van der Waals surface area contributed by atoms with E-state index < -0.39 is 17.6 Å². The lowest BCUT2D eigenvalue weighted by molar-refractivity contribution is -0.137. The van der Waals surface area contributed by atoms with E-state index in [-0.39, 0.29) is 32.7 Å². The summed E-state index contributed by atoms with van der Waals surface area (Å²) < 4.78 is 38.8. The summed E-state index contributed by atoms with van der Waals surface area (Å²) in [7, 11) is 0. The number of hydrogen-bond acceptors (Lipinski definition) is 4. The molecule has 0 atom stereocenters. The van der Waals surface area contributed by atoms with Gasteiger partial charge in [-0.3, -0.25) is 10.1 Å². The molecule has 164 valence electrons. The van der Waals surface area contributed by atoms with Gasteiger partial charge in [-0.05, 0) is 47.5 Å². The number of carbonyl (C=O) groups is 1. The molecule has 3 rings (SSSR count). The summed E-state index contributed by atoms with van der Waals surface area (Å²) in [5.41, 5.74) is -0.314. The van der Waals surface area contributed by atoms with Crippen LogP contribution < -0.4 is 5.32 Å². The van der Waals surface area contributed by atoms with Crippen LogP contribution in [0.2, 0.25) is 15.1 Å². The smallest absolute Gasteiger partial charge is 0.297 e. The first-order valence-corrected chi connectivity index (χ1v) is 10.7. The van der Waals surface area contributed by atoms with Gasteiger partial charge in [0.2, 0.25) is 0 Å². The highest BCUT2D eigenvalue weighted by molar-refractivity contribution is 7.15. The number of aromatic nitrogens is 1. The van der Waals surface area contributed by atoms with Crippen molar-refractivity contribution in [2.24, 2.45) is 0 Å². The number of halogens is 6. The fraction of sp³-hybridized carbons (Fsp3) is 0.0952. The van der Waals surface area contributed by atoms with Gasteiger partial charge in [0.05, 0.1) is 5.56 Å². The normalized spacial score (nSPS) is 11.8. The fourth-order valence-electron chi connectivity index (χ4n) is 2.61. The molecule has 0 aliphatic carbocycles. The summed E-state index contributed by atoms with van der Waals surface area (Å²) in [5.74, 6) is -0.712. The van der Waals surface area contributed by atoms with Crippen LogP contribution in [0.15, 0.2) is 48.2 Å². The standard InChI is InChI=1S/C21H11Cl3F3N3OS/c22-15-3-1-11(18(24)8-15)5-13(9-28)19(31)30-20-29-10-16(32-20)7-12-6-14(21(25,26)27)2-4-17(12)23/h1-6,8,10H,7H2,(H,29,30,31). The van der Waals surface area contributed by atoms with E-state index in [9.17, 15) is 23.2 Å². The predicted molar refractivity (Wildman–Crippen MR) is 120 cm³/mol. The number of carbonyl (C=O) groups excluding carboxylic acids is 1. The Morgan fingerprint density at radius 2 is 1.91 bits per heavy atom. The average molecular weight is 517 g/mol. The predicted octanol–water partition coefficient (Wildman–Crippen LogP) is 7.26. The van der Waals surface area contributed by atoms with Crippen molar-refractivity contribution in [2.45, 2.75) is 12.6 Å². The lowest BCUT2D eigenvalue weighted by Crippen LogP contribution is -2.13. The lowest BCUT2D eigenvalue weighted by atomic mass is 10.1. The molecule has 3 aromatic rings. The summed E-state index contributed by atoms with van der Waals surface area (Å²) in [6, 6.07) is 9.49. The molecule has 1 amide bonds. The second-order valence-corrected chi connectivity index (χ2v) is 8.77. The number of nitrogens with one attached hydrogen (secondary N) is 1. The minimum absolute atomic E-state index is 0.0949. The van der Waals surface area contributed by atoms with Crippen molar-refractivity contribution in [2.75, 3.05) is 5.32 Å². The SMILES string of the molecule is N#CC(=Cc1ccc(Cl)cc1Cl)C(=O)Nc1ncc(Cc2cc(C(F)(F)F)ccc2Cl)s1. The number of amides is 1. The second-order valence-electron chi connectivity index (χ2n) is 6.40. The zero-order valence-electron chi connectivity index (χ0n) is 15.8. The monoisotopic (exact) mass is 515 g/mol. The molecule has 32 heavy (non-hydrogen) atoms. The molecule has 1 heterocycles. The van der Waals surface area contributed by atoms with E-state index in [0.29, 0.717) is 15.5 Å². The van der Waals surface area contributed by atoms with Crippen LogP contribution in [0.25, 0.3) is 6.08 Å². The third kappa shape index (κ3) is 6.02. The third-order valence-corrected chi connectivity index (χ3v) is 5.98. The fourth-order valence-corrected chi connectivity index (χ4v) is 4.09. The Morgan fingerprint density at radius 1 is 1.16 bits per heavy atom. The maximum absolute atomic E-state index is 12.9. The van der Waals surface area contributed by atoms with Crippen molar-refractivity contribution in [3.63, 3.8) is 0 Å². The van der Waals surface area contributed by atoms with E-state index in [4.69, 9.17) is 34.8 Å². The van der Waals surface area contributed by atoms with E-state index in [1.54, 1.807) is 18.2 Å². The van der Waals surface area contributed by atoms with Crippen molar-refractivity contribution in [3.05, 3.63) is 84.8 Å². The maximum atomic E-state index is 12.9. The van der Waals surface area contributed by atoms with E-state index in [0.717, 1.165) is 23.5 Å². The van der Waals surface area contributed by atoms with Gasteiger partial charge in [-0.1, -0.05) is 40.9 Å². The Morgan fingerprint density at radius 3 is 2.56 bits per heavy atom. The highest BCUT2D eigenvalue weighted by atomic mass is 35.5.